The molecule has 5 rings (SSSR count). The lowest BCUT2D eigenvalue weighted by atomic mass is 9.63. The van der Waals surface area contributed by atoms with Gasteiger partial charge in [-0.05, 0) is 34.9 Å². The zero-order valence-corrected chi connectivity index (χ0v) is 14.3. The van der Waals surface area contributed by atoms with E-state index in [2.05, 4.69) is 102 Å². The van der Waals surface area contributed by atoms with Crippen molar-refractivity contribution in [3.8, 4) is 0 Å². The number of hydrogen-bond donors (Lipinski definition) is 1. The average Bonchev–Trinajstić information content (AvgIpc) is 2.73. The number of benzene rings is 4. The van der Waals surface area contributed by atoms with E-state index >= 15 is 0 Å². The molecule has 0 saturated heterocycles. The predicted molar refractivity (Wildman–Crippen MR) is 107 cm³/mol. The summed E-state index contributed by atoms with van der Waals surface area (Å²) in [5.41, 5.74) is 6.79. The third-order valence-electron chi connectivity index (χ3n) is 5.25. The molecule has 4 aromatic rings. The summed E-state index contributed by atoms with van der Waals surface area (Å²) in [6.45, 7) is 0. The first-order valence-corrected chi connectivity index (χ1v) is 8.89. The van der Waals surface area contributed by atoms with Gasteiger partial charge >= 0.3 is 0 Å². The Hall–Kier alpha value is -3.32. The van der Waals surface area contributed by atoms with Crippen molar-refractivity contribution in [3.05, 3.63) is 131 Å². The molecule has 123 valence electrons. The Morgan fingerprint density at radius 3 is 1.85 bits per heavy atom. The van der Waals surface area contributed by atoms with Crippen molar-refractivity contribution < 1.29 is 0 Å². The van der Waals surface area contributed by atoms with Crippen molar-refractivity contribution in [1.82, 2.24) is 0 Å². The highest BCUT2D eigenvalue weighted by atomic mass is 14.9. The molecule has 1 heterocycles. The second-order valence-electron chi connectivity index (χ2n) is 6.61. The van der Waals surface area contributed by atoms with Crippen LogP contribution < -0.4 is 5.32 Å². The SMILES string of the molecule is [c]1cccc2c1C(c1ccccc1)(c1ccccc1)c1ccccc1N2. The van der Waals surface area contributed by atoms with Gasteiger partial charge in [0.05, 0.1) is 5.41 Å². The minimum atomic E-state index is -0.388. The first-order chi connectivity index (χ1) is 12.9. The Morgan fingerprint density at radius 1 is 0.577 bits per heavy atom. The molecule has 0 bridgehead atoms. The molecule has 1 aliphatic rings. The second kappa shape index (κ2) is 5.89. The van der Waals surface area contributed by atoms with Crippen LogP contribution in [0.15, 0.2) is 103 Å². The quantitative estimate of drug-likeness (QED) is 0.423. The maximum atomic E-state index is 3.60. The summed E-state index contributed by atoms with van der Waals surface area (Å²) >= 11 is 0. The molecule has 0 amide bonds. The highest BCUT2D eigenvalue weighted by Gasteiger charge is 2.43. The summed E-state index contributed by atoms with van der Waals surface area (Å²) in [4.78, 5) is 0. The lowest BCUT2D eigenvalue weighted by molar-refractivity contribution is 0.739. The van der Waals surface area contributed by atoms with Gasteiger partial charge in [0.1, 0.15) is 0 Å². The van der Waals surface area contributed by atoms with Crippen molar-refractivity contribution in [2.24, 2.45) is 0 Å². The Morgan fingerprint density at radius 2 is 1.15 bits per heavy atom. The molecule has 1 heteroatoms. The Balaban J connectivity index is 1.97. The molecular formula is C25H18N. The number of rotatable bonds is 2. The molecule has 0 aliphatic carbocycles. The topological polar surface area (TPSA) is 12.0 Å². The van der Waals surface area contributed by atoms with Crippen LogP contribution >= 0.6 is 0 Å². The van der Waals surface area contributed by atoms with Crippen LogP contribution in [0.2, 0.25) is 0 Å². The van der Waals surface area contributed by atoms with Gasteiger partial charge in [0.2, 0.25) is 0 Å². The summed E-state index contributed by atoms with van der Waals surface area (Å²) in [6, 6.07) is 39.9. The molecule has 26 heavy (non-hydrogen) atoms. The van der Waals surface area contributed by atoms with E-state index in [1.165, 1.54) is 16.7 Å². The van der Waals surface area contributed by atoms with E-state index in [1.54, 1.807) is 0 Å². The number of para-hydroxylation sites is 1. The van der Waals surface area contributed by atoms with Crippen LogP contribution in [0.5, 0.6) is 0 Å². The van der Waals surface area contributed by atoms with Crippen LogP contribution in [0.25, 0.3) is 0 Å². The van der Waals surface area contributed by atoms with E-state index in [9.17, 15) is 0 Å². The van der Waals surface area contributed by atoms with Crippen molar-refractivity contribution in [3.63, 3.8) is 0 Å². The summed E-state index contributed by atoms with van der Waals surface area (Å²) in [6.07, 6.45) is 0. The number of anilines is 2. The first-order valence-electron chi connectivity index (χ1n) is 8.89. The number of hydrogen-bond acceptors (Lipinski definition) is 1. The molecule has 0 aromatic heterocycles. The standard InChI is InChI=1S/C25H18N/c1-3-11-19(12-4-1)25(20-13-5-2-6-14-20)21-15-7-9-17-23(21)26-24-18-10-8-16-22(24)25/h1-15,17-18,26H. The van der Waals surface area contributed by atoms with Gasteiger partial charge in [0, 0.05) is 16.9 Å². The second-order valence-corrected chi connectivity index (χ2v) is 6.61. The van der Waals surface area contributed by atoms with Gasteiger partial charge in [-0.15, -0.1) is 0 Å². The van der Waals surface area contributed by atoms with Gasteiger partial charge in [-0.1, -0.05) is 91.0 Å². The third-order valence-corrected chi connectivity index (χ3v) is 5.25. The van der Waals surface area contributed by atoms with Crippen LogP contribution in [0.4, 0.5) is 11.4 Å². The third kappa shape index (κ3) is 2.04. The maximum absolute atomic E-state index is 3.60. The number of nitrogens with one attached hydrogen (secondary N) is 1. The minimum absolute atomic E-state index is 0.388. The minimum Gasteiger partial charge on any atom is -0.355 e. The highest BCUT2D eigenvalue weighted by molar-refractivity contribution is 5.81. The smallest absolute Gasteiger partial charge is 0.0748 e. The van der Waals surface area contributed by atoms with Crippen LogP contribution in [0.1, 0.15) is 22.3 Å². The summed E-state index contributed by atoms with van der Waals surface area (Å²) < 4.78 is 0. The summed E-state index contributed by atoms with van der Waals surface area (Å²) in [7, 11) is 0. The van der Waals surface area contributed by atoms with E-state index in [0.29, 0.717) is 0 Å². The van der Waals surface area contributed by atoms with Crippen LogP contribution in [-0.4, -0.2) is 0 Å². The monoisotopic (exact) mass is 332 g/mol. The van der Waals surface area contributed by atoms with Gasteiger partial charge < -0.3 is 5.32 Å². The van der Waals surface area contributed by atoms with E-state index < -0.39 is 0 Å². The van der Waals surface area contributed by atoms with Crippen molar-refractivity contribution in [1.29, 1.82) is 0 Å². The van der Waals surface area contributed by atoms with Crippen molar-refractivity contribution in [2.45, 2.75) is 5.41 Å². The molecule has 1 N–H and O–H groups in total. The Kier molecular flexibility index (Phi) is 3.39. The van der Waals surface area contributed by atoms with Crippen molar-refractivity contribution in [2.75, 3.05) is 5.32 Å². The molecule has 1 aliphatic heterocycles. The fraction of sp³-hybridized carbons (Fsp3) is 0.0400. The average molecular weight is 332 g/mol. The summed E-state index contributed by atoms with van der Waals surface area (Å²) in [5, 5.41) is 3.60. The molecule has 0 saturated carbocycles. The zero-order valence-electron chi connectivity index (χ0n) is 14.3. The van der Waals surface area contributed by atoms with E-state index in [1.807, 2.05) is 12.1 Å². The predicted octanol–water partition coefficient (Wildman–Crippen LogP) is 5.93. The Bertz CT molecular complexity index is 965. The fourth-order valence-corrected chi connectivity index (χ4v) is 4.19. The molecule has 0 atom stereocenters. The van der Waals surface area contributed by atoms with Gasteiger partial charge in [-0.3, -0.25) is 0 Å². The molecule has 1 radical (unpaired) electrons. The fourth-order valence-electron chi connectivity index (χ4n) is 4.19. The molecule has 1 nitrogen and oxygen atoms in total. The lowest BCUT2D eigenvalue weighted by Gasteiger charge is -2.42. The molecule has 4 aromatic carbocycles. The highest BCUT2D eigenvalue weighted by Crippen LogP contribution is 2.52. The summed E-state index contributed by atoms with van der Waals surface area (Å²) in [5.74, 6) is 0. The molecule has 0 unspecified atom stereocenters. The molecule has 0 fully saturated rings. The zero-order chi connectivity index (χ0) is 17.4. The van der Waals surface area contributed by atoms with E-state index in [-0.39, 0.29) is 5.41 Å². The largest absolute Gasteiger partial charge is 0.355 e. The van der Waals surface area contributed by atoms with Gasteiger partial charge in [-0.2, -0.15) is 0 Å². The molecular weight excluding hydrogens is 314 g/mol. The van der Waals surface area contributed by atoms with Crippen molar-refractivity contribution >= 4 is 11.4 Å². The van der Waals surface area contributed by atoms with E-state index in [0.717, 1.165) is 16.9 Å². The van der Waals surface area contributed by atoms with Gasteiger partial charge in [0.25, 0.3) is 0 Å². The number of fused-ring (bicyclic) bond motifs is 2. The van der Waals surface area contributed by atoms with Gasteiger partial charge in [-0.25, -0.2) is 0 Å². The normalized spacial score (nSPS) is 14.0. The van der Waals surface area contributed by atoms with Crippen LogP contribution in [-0.2, 0) is 5.41 Å². The Labute approximate surface area is 154 Å². The van der Waals surface area contributed by atoms with Gasteiger partial charge in [0.15, 0.2) is 0 Å². The van der Waals surface area contributed by atoms with E-state index in [4.69, 9.17) is 0 Å². The molecule has 0 spiro atoms. The van der Waals surface area contributed by atoms with Crippen LogP contribution in [0.3, 0.4) is 0 Å². The van der Waals surface area contributed by atoms with Crippen LogP contribution in [0, 0.1) is 6.07 Å². The maximum Gasteiger partial charge on any atom is 0.0748 e. The first kappa shape index (κ1) is 15.0. The lowest BCUT2D eigenvalue weighted by Crippen LogP contribution is -2.35.